The molecule has 3 rings (SSSR count). The molecule has 8 heteroatoms. The van der Waals surface area contributed by atoms with Crippen molar-refractivity contribution in [2.75, 3.05) is 25.6 Å². The Morgan fingerprint density at radius 3 is 2.53 bits per heavy atom. The molecule has 0 saturated carbocycles. The van der Waals surface area contributed by atoms with Gasteiger partial charge in [-0.2, -0.15) is 0 Å². The van der Waals surface area contributed by atoms with Gasteiger partial charge in [-0.15, -0.1) is 22.9 Å². The first-order valence-corrected chi connectivity index (χ1v) is 12.2. The van der Waals surface area contributed by atoms with Gasteiger partial charge < -0.3 is 14.5 Å². The number of halogens is 2. The highest BCUT2D eigenvalue weighted by molar-refractivity contribution is 7.09. The summed E-state index contributed by atoms with van der Waals surface area (Å²) in [7, 11) is 0. The molecule has 1 aliphatic heterocycles. The molecule has 0 spiro atoms. The van der Waals surface area contributed by atoms with E-state index in [1.54, 1.807) is 47.1 Å². The number of carbonyl (C=O) groups is 2. The minimum Gasteiger partial charge on any atom is -0.376 e. The fraction of sp³-hybridized carbons (Fsp3) is 0.500. The van der Waals surface area contributed by atoms with Crippen LogP contribution in [0, 0.1) is 11.2 Å². The van der Waals surface area contributed by atoms with Crippen molar-refractivity contribution in [2.24, 2.45) is 5.41 Å². The normalized spacial score (nSPS) is 16.2. The zero-order chi connectivity index (χ0) is 23.1. The molecule has 0 radical (unpaired) electrons. The van der Waals surface area contributed by atoms with E-state index in [9.17, 15) is 14.0 Å². The van der Waals surface area contributed by atoms with Crippen molar-refractivity contribution < 1.29 is 18.7 Å². The third-order valence-electron chi connectivity index (χ3n) is 5.54. The molecule has 1 aromatic carbocycles. The predicted octanol–water partition coefficient (Wildman–Crippen LogP) is 4.69. The lowest BCUT2D eigenvalue weighted by atomic mass is 9.94. The molecule has 2 heterocycles. The smallest absolute Gasteiger partial charge is 0.242 e. The van der Waals surface area contributed by atoms with Crippen LogP contribution in [0.4, 0.5) is 4.39 Å². The second kappa shape index (κ2) is 11.3. The number of hydrogen-bond acceptors (Lipinski definition) is 4. The Bertz CT molecular complexity index is 883. The standard InChI is InChI=1S/C24H30ClFN2O3S/c1-24(2,17-25)23(30)28(14-20-5-3-11-31-20)16-22(29)27(15-21-6-4-12-32-21)13-18-7-9-19(26)10-8-18/h4,6-10,12,20H,3,5,11,13-17H2,1-2H3. The Morgan fingerprint density at radius 1 is 1.19 bits per heavy atom. The number of ether oxygens (including phenoxy) is 1. The van der Waals surface area contributed by atoms with Gasteiger partial charge in [0.25, 0.3) is 0 Å². The molecule has 174 valence electrons. The summed E-state index contributed by atoms with van der Waals surface area (Å²) in [4.78, 5) is 31.0. The van der Waals surface area contributed by atoms with Crippen molar-refractivity contribution in [1.82, 2.24) is 9.80 Å². The van der Waals surface area contributed by atoms with E-state index in [0.29, 0.717) is 26.2 Å². The Hall–Kier alpha value is -1.96. The second-order valence-corrected chi connectivity index (χ2v) is 10.1. The van der Waals surface area contributed by atoms with Crippen LogP contribution in [0.3, 0.4) is 0 Å². The summed E-state index contributed by atoms with van der Waals surface area (Å²) in [6.07, 6.45) is 1.75. The summed E-state index contributed by atoms with van der Waals surface area (Å²) in [6.45, 7) is 5.33. The number of nitrogens with zero attached hydrogens (tertiary/aromatic N) is 2. The van der Waals surface area contributed by atoms with Gasteiger partial charge in [-0.05, 0) is 55.8 Å². The van der Waals surface area contributed by atoms with Crippen LogP contribution < -0.4 is 0 Å². The van der Waals surface area contributed by atoms with Gasteiger partial charge in [-0.1, -0.05) is 18.2 Å². The summed E-state index contributed by atoms with van der Waals surface area (Å²) >= 11 is 7.63. The number of rotatable bonds is 10. The molecule has 1 atom stereocenters. The van der Waals surface area contributed by atoms with E-state index in [1.807, 2.05) is 17.5 Å². The molecule has 1 saturated heterocycles. The van der Waals surface area contributed by atoms with Crippen LogP contribution in [0.1, 0.15) is 37.1 Å². The van der Waals surface area contributed by atoms with Gasteiger partial charge in [-0.25, -0.2) is 4.39 Å². The topological polar surface area (TPSA) is 49.9 Å². The van der Waals surface area contributed by atoms with E-state index in [4.69, 9.17) is 16.3 Å². The van der Waals surface area contributed by atoms with Gasteiger partial charge in [0, 0.05) is 30.5 Å². The van der Waals surface area contributed by atoms with Crippen molar-refractivity contribution in [2.45, 2.75) is 45.9 Å². The largest absolute Gasteiger partial charge is 0.376 e. The van der Waals surface area contributed by atoms with Gasteiger partial charge in [-0.3, -0.25) is 9.59 Å². The van der Waals surface area contributed by atoms with Gasteiger partial charge in [0.1, 0.15) is 5.82 Å². The van der Waals surface area contributed by atoms with Crippen LogP contribution in [0.5, 0.6) is 0 Å². The molecular weight excluding hydrogens is 451 g/mol. The summed E-state index contributed by atoms with van der Waals surface area (Å²) in [5.74, 6) is -0.480. The van der Waals surface area contributed by atoms with E-state index < -0.39 is 5.41 Å². The Balaban J connectivity index is 1.78. The lowest BCUT2D eigenvalue weighted by Crippen LogP contribution is -2.49. The lowest BCUT2D eigenvalue weighted by molar-refractivity contribution is -0.147. The van der Waals surface area contributed by atoms with Crippen molar-refractivity contribution in [3.05, 3.63) is 58.0 Å². The molecule has 0 bridgehead atoms. The van der Waals surface area contributed by atoms with Crippen LogP contribution >= 0.6 is 22.9 Å². The fourth-order valence-corrected chi connectivity index (χ4v) is 4.47. The van der Waals surface area contributed by atoms with Crippen molar-refractivity contribution in [3.8, 4) is 0 Å². The maximum atomic E-state index is 13.4. The molecule has 2 aromatic rings. The monoisotopic (exact) mass is 480 g/mol. The number of thiophene rings is 1. The molecule has 1 aromatic heterocycles. The molecule has 1 fully saturated rings. The molecule has 32 heavy (non-hydrogen) atoms. The Kier molecular flexibility index (Phi) is 8.68. The summed E-state index contributed by atoms with van der Waals surface area (Å²) in [5.41, 5.74) is 0.0464. The molecule has 5 nitrogen and oxygen atoms in total. The number of alkyl halides is 1. The van der Waals surface area contributed by atoms with Crippen molar-refractivity contribution >= 4 is 34.8 Å². The minimum absolute atomic E-state index is 0.0500. The quantitative estimate of drug-likeness (QED) is 0.463. The second-order valence-electron chi connectivity index (χ2n) is 8.79. The molecular formula is C24H30ClFN2O3S. The van der Waals surface area contributed by atoms with Gasteiger partial charge in [0.2, 0.25) is 11.8 Å². The molecule has 1 unspecified atom stereocenters. The maximum absolute atomic E-state index is 13.4. The number of hydrogen-bond donors (Lipinski definition) is 0. The first-order chi connectivity index (χ1) is 15.3. The van der Waals surface area contributed by atoms with E-state index in [0.717, 1.165) is 23.3 Å². The van der Waals surface area contributed by atoms with Gasteiger partial charge >= 0.3 is 0 Å². The molecule has 0 aliphatic carbocycles. The van der Waals surface area contributed by atoms with Crippen LogP contribution in [0.15, 0.2) is 41.8 Å². The Morgan fingerprint density at radius 2 is 1.94 bits per heavy atom. The SMILES string of the molecule is CC(C)(CCl)C(=O)N(CC(=O)N(Cc1ccc(F)cc1)Cc1cccs1)CC1CCCO1. The van der Waals surface area contributed by atoms with E-state index in [1.165, 1.54) is 12.1 Å². The molecule has 2 amide bonds. The third-order valence-corrected chi connectivity index (χ3v) is 7.07. The van der Waals surface area contributed by atoms with Crippen LogP contribution in [-0.4, -0.2) is 53.3 Å². The summed E-state index contributed by atoms with van der Waals surface area (Å²) in [6, 6.07) is 10.0. The van der Waals surface area contributed by atoms with Crippen LogP contribution in [0.2, 0.25) is 0 Å². The van der Waals surface area contributed by atoms with E-state index in [2.05, 4.69) is 0 Å². The maximum Gasteiger partial charge on any atom is 0.242 e. The zero-order valence-electron chi connectivity index (χ0n) is 18.6. The van der Waals surface area contributed by atoms with E-state index >= 15 is 0 Å². The van der Waals surface area contributed by atoms with Gasteiger partial charge in [0.05, 0.1) is 24.6 Å². The first kappa shape index (κ1) is 24.7. The number of amides is 2. The fourth-order valence-electron chi connectivity index (χ4n) is 3.63. The third kappa shape index (κ3) is 6.77. The van der Waals surface area contributed by atoms with E-state index in [-0.39, 0.29) is 36.2 Å². The summed E-state index contributed by atoms with van der Waals surface area (Å²) < 4.78 is 19.1. The highest BCUT2D eigenvalue weighted by Gasteiger charge is 2.35. The van der Waals surface area contributed by atoms with Crippen molar-refractivity contribution in [3.63, 3.8) is 0 Å². The lowest BCUT2D eigenvalue weighted by Gasteiger charge is -2.33. The highest BCUT2D eigenvalue weighted by atomic mass is 35.5. The Labute approximate surface area is 198 Å². The minimum atomic E-state index is -0.782. The zero-order valence-corrected chi connectivity index (χ0v) is 20.1. The molecule has 0 N–H and O–H groups in total. The highest BCUT2D eigenvalue weighted by Crippen LogP contribution is 2.23. The first-order valence-electron chi connectivity index (χ1n) is 10.8. The van der Waals surface area contributed by atoms with Crippen LogP contribution in [-0.2, 0) is 27.4 Å². The molecule has 1 aliphatic rings. The average Bonchev–Trinajstić information content (AvgIpc) is 3.48. The summed E-state index contributed by atoms with van der Waals surface area (Å²) in [5, 5.41) is 1.96. The predicted molar refractivity (Wildman–Crippen MR) is 125 cm³/mol. The van der Waals surface area contributed by atoms with Gasteiger partial charge in [0.15, 0.2) is 0 Å². The van der Waals surface area contributed by atoms with Crippen molar-refractivity contribution in [1.29, 1.82) is 0 Å². The average molecular weight is 481 g/mol. The number of benzene rings is 1. The number of carbonyl (C=O) groups excluding carboxylic acids is 2. The van der Waals surface area contributed by atoms with Crippen LogP contribution in [0.25, 0.3) is 0 Å².